The first-order valence-electron chi connectivity index (χ1n) is 11.6. The van der Waals surface area contributed by atoms with Gasteiger partial charge in [-0.25, -0.2) is 4.68 Å². The van der Waals surface area contributed by atoms with Gasteiger partial charge in [0, 0.05) is 23.8 Å². The summed E-state index contributed by atoms with van der Waals surface area (Å²) in [4.78, 5) is 8.30. The maximum atomic E-state index is 11.6. The van der Waals surface area contributed by atoms with E-state index in [-0.39, 0.29) is 0 Å². The molecule has 0 aliphatic heterocycles. The number of unbranched alkanes of at least 4 members (excludes halogenated alkanes) is 3. The third kappa shape index (κ3) is 14.1. The summed E-state index contributed by atoms with van der Waals surface area (Å²) in [5.41, 5.74) is 1.49. The fraction of sp³-hybridized carbons (Fsp3) is 0.400. The lowest BCUT2D eigenvalue weighted by Crippen LogP contribution is -2.06. The molecule has 35 heavy (non-hydrogen) atoms. The van der Waals surface area contributed by atoms with E-state index in [1.54, 1.807) is 53.6 Å². The second-order valence-electron chi connectivity index (χ2n) is 7.05. The summed E-state index contributed by atoms with van der Waals surface area (Å²) in [6, 6.07) is 10.7. The van der Waals surface area contributed by atoms with Gasteiger partial charge in [-0.15, -0.1) is 0 Å². The summed E-state index contributed by atoms with van der Waals surface area (Å²) in [5, 5.41) is 7.37. The Balaban J connectivity index is 0.000000282. The maximum absolute atomic E-state index is 11.6. The minimum Gasteiger partial charge on any atom is -0.477 e. The van der Waals surface area contributed by atoms with Crippen LogP contribution in [-0.2, 0) is 0 Å². The van der Waals surface area contributed by atoms with Crippen LogP contribution in [0.2, 0.25) is 0 Å². The van der Waals surface area contributed by atoms with E-state index < -0.39 is 5.76 Å². The number of halogens is 2. The molecule has 0 aliphatic rings. The van der Waals surface area contributed by atoms with Crippen molar-refractivity contribution in [2.24, 2.45) is 0 Å². The van der Waals surface area contributed by atoms with Crippen LogP contribution in [0.4, 0.5) is 14.5 Å². The van der Waals surface area contributed by atoms with Crippen LogP contribution in [0.3, 0.4) is 0 Å². The van der Waals surface area contributed by atoms with Crippen molar-refractivity contribution in [2.45, 2.75) is 45.3 Å². The lowest BCUT2D eigenvalue weighted by molar-refractivity contribution is 0.252. The van der Waals surface area contributed by atoms with Crippen LogP contribution in [0.1, 0.15) is 45.2 Å². The summed E-state index contributed by atoms with van der Waals surface area (Å²) >= 11 is 0.401. The van der Waals surface area contributed by atoms with Crippen molar-refractivity contribution in [3.05, 3.63) is 67.3 Å². The van der Waals surface area contributed by atoms with Gasteiger partial charge >= 0.3 is 5.76 Å². The Labute approximate surface area is 211 Å². The second kappa shape index (κ2) is 19.3. The van der Waals surface area contributed by atoms with Gasteiger partial charge in [0.1, 0.15) is 0 Å². The number of hydrogen-bond donors (Lipinski definition) is 2. The normalized spacial score (nSPS) is 10.0. The zero-order chi connectivity index (χ0) is 25.7. The van der Waals surface area contributed by atoms with Crippen molar-refractivity contribution in [1.82, 2.24) is 25.1 Å². The average molecular weight is 507 g/mol. The lowest BCUT2D eigenvalue weighted by Gasteiger charge is -2.03. The van der Waals surface area contributed by atoms with Crippen molar-refractivity contribution >= 4 is 23.7 Å². The molecule has 192 valence electrons. The van der Waals surface area contributed by atoms with Crippen molar-refractivity contribution in [3.8, 4) is 11.7 Å². The van der Waals surface area contributed by atoms with E-state index in [1.165, 1.54) is 32.2 Å². The van der Waals surface area contributed by atoms with Gasteiger partial charge in [-0.3, -0.25) is 4.98 Å². The van der Waals surface area contributed by atoms with Crippen molar-refractivity contribution < 1.29 is 13.5 Å². The van der Waals surface area contributed by atoms with E-state index in [9.17, 15) is 8.78 Å². The predicted octanol–water partition coefficient (Wildman–Crippen LogP) is 6.46. The molecule has 0 saturated carbocycles. The third-order valence-corrected chi connectivity index (χ3v) is 4.80. The highest BCUT2D eigenvalue weighted by Crippen LogP contribution is 2.17. The maximum Gasteiger partial charge on any atom is 0.302 e. The summed E-state index contributed by atoms with van der Waals surface area (Å²) < 4.78 is 32.7. The van der Waals surface area contributed by atoms with Crippen LogP contribution in [-0.4, -0.2) is 45.7 Å². The van der Waals surface area contributed by atoms with E-state index in [2.05, 4.69) is 38.6 Å². The lowest BCUT2D eigenvalue weighted by atomic mass is 10.2. The van der Waals surface area contributed by atoms with Crippen LogP contribution in [0.5, 0.6) is 5.88 Å². The fourth-order valence-corrected chi connectivity index (χ4v) is 2.95. The number of anilines is 1. The van der Waals surface area contributed by atoms with Crippen LogP contribution in [0.15, 0.2) is 61.6 Å². The largest absolute Gasteiger partial charge is 0.477 e. The summed E-state index contributed by atoms with van der Waals surface area (Å²) in [6.07, 6.45) is 12.1. The first-order valence-corrected chi connectivity index (χ1v) is 12.4. The smallest absolute Gasteiger partial charge is 0.302 e. The number of nitrogens with one attached hydrogen (secondary N) is 2. The molecule has 0 spiro atoms. The van der Waals surface area contributed by atoms with E-state index in [0.717, 1.165) is 5.69 Å². The van der Waals surface area contributed by atoms with E-state index in [4.69, 9.17) is 4.74 Å². The molecule has 0 fully saturated rings. The molecule has 2 aromatic heterocycles. The molecular weight excluding hydrogens is 470 g/mol. The number of ether oxygens (including phenoxy) is 1. The molecule has 1 aromatic carbocycles. The van der Waals surface area contributed by atoms with Crippen LogP contribution in [0.25, 0.3) is 11.9 Å². The Kier molecular flexibility index (Phi) is 16.6. The molecule has 0 saturated heterocycles. The third-order valence-electron chi connectivity index (χ3n) is 4.27. The number of rotatable bonds is 12. The molecule has 0 bridgehead atoms. The minimum absolute atomic E-state index is 0.401. The Morgan fingerprint density at radius 3 is 2.49 bits per heavy atom. The predicted molar refractivity (Wildman–Crippen MR) is 142 cm³/mol. The Hall–Kier alpha value is -2.98. The number of aromatic nitrogens is 4. The molecule has 2 heterocycles. The Morgan fingerprint density at radius 2 is 1.89 bits per heavy atom. The van der Waals surface area contributed by atoms with Crippen molar-refractivity contribution in [3.63, 3.8) is 0 Å². The molecule has 7 nitrogen and oxygen atoms in total. The first-order chi connectivity index (χ1) is 17.0. The summed E-state index contributed by atoms with van der Waals surface area (Å²) in [7, 11) is 2.01. The number of benzene rings is 1. The number of para-hydroxylation sites is 1. The molecule has 2 N–H and O–H groups in total. The zero-order valence-electron chi connectivity index (χ0n) is 20.7. The Bertz CT molecular complexity index is 921. The van der Waals surface area contributed by atoms with Crippen molar-refractivity contribution in [2.75, 3.05) is 24.9 Å². The molecule has 3 rings (SSSR count). The molecule has 0 amide bonds. The molecule has 0 radical (unpaired) electrons. The molecule has 0 unspecified atom stereocenters. The van der Waals surface area contributed by atoms with Gasteiger partial charge in [0.15, 0.2) is 5.82 Å². The van der Waals surface area contributed by atoms with Gasteiger partial charge < -0.3 is 14.8 Å². The molecule has 0 atom stereocenters. The van der Waals surface area contributed by atoms with Crippen molar-refractivity contribution in [1.29, 1.82) is 0 Å². The highest BCUT2D eigenvalue weighted by Gasteiger charge is 2.03. The zero-order valence-corrected chi connectivity index (χ0v) is 21.5. The number of hydrogen-bond acceptors (Lipinski definition) is 7. The highest BCUT2D eigenvalue weighted by atomic mass is 32.2. The van der Waals surface area contributed by atoms with Gasteiger partial charge in [0.05, 0.1) is 24.7 Å². The van der Waals surface area contributed by atoms with E-state index >= 15 is 0 Å². The van der Waals surface area contributed by atoms with Crippen LogP contribution in [0, 0.1) is 0 Å². The van der Waals surface area contributed by atoms with Crippen LogP contribution >= 0.6 is 11.9 Å². The number of nitrogens with zero attached hydrogens (tertiary/aromatic N) is 4. The first kappa shape index (κ1) is 30.1. The SMILES string of the molecule is C=Cc1ccn(-c2cncc(OCC)n2)n1.CCCCCCNC.FC(F)SNc1ccccc1. The minimum atomic E-state index is -2.38. The van der Waals surface area contributed by atoms with Gasteiger partial charge in [-0.05, 0) is 51.2 Å². The average Bonchev–Trinajstić information content (AvgIpc) is 3.37. The summed E-state index contributed by atoms with van der Waals surface area (Å²) in [6.45, 7) is 9.53. The summed E-state index contributed by atoms with van der Waals surface area (Å²) in [5.74, 6) is -1.26. The highest BCUT2D eigenvalue weighted by molar-refractivity contribution is 8.00. The molecule has 3 aromatic rings. The molecule has 10 heteroatoms. The van der Waals surface area contributed by atoms with Gasteiger partial charge in [-0.2, -0.15) is 18.9 Å². The van der Waals surface area contributed by atoms with E-state index in [0.29, 0.717) is 35.9 Å². The van der Waals surface area contributed by atoms with E-state index in [1.807, 2.05) is 26.1 Å². The Morgan fingerprint density at radius 1 is 1.11 bits per heavy atom. The van der Waals surface area contributed by atoms with Gasteiger partial charge in [0.25, 0.3) is 0 Å². The quantitative estimate of drug-likeness (QED) is 0.216. The monoisotopic (exact) mass is 506 g/mol. The van der Waals surface area contributed by atoms with Gasteiger partial charge in [-0.1, -0.05) is 51.0 Å². The topological polar surface area (TPSA) is 76.9 Å². The fourth-order valence-electron chi connectivity index (χ4n) is 2.59. The number of alkyl halides is 2. The second-order valence-corrected chi connectivity index (χ2v) is 7.84. The standard InChI is InChI=1S/C11H12N4O.C7H7F2NS.C7H17N/c1-3-9-5-6-15(14-9)10-7-12-8-11(13-10)16-4-2;8-7(9)11-10-6-4-2-1-3-5-6;1-3-4-5-6-7-8-2/h3,5-8H,1,4H2,2H3;1-5,7,10H;8H,3-7H2,1-2H3. The van der Waals surface area contributed by atoms with Gasteiger partial charge in [0.2, 0.25) is 5.88 Å². The molecular formula is C25H36F2N6OS. The molecule has 0 aliphatic carbocycles. The van der Waals surface area contributed by atoms with Crippen LogP contribution < -0.4 is 14.8 Å².